The molecule has 3 heterocycles. The fraction of sp³-hybridized carbons (Fsp3) is 0.389. The van der Waals surface area contributed by atoms with Crippen LogP contribution in [0.5, 0.6) is 0 Å². The molecule has 7 heteroatoms. The van der Waals surface area contributed by atoms with Crippen LogP contribution in [0.25, 0.3) is 0 Å². The molecule has 1 aromatic carbocycles. The van der Waals surface area contributed by atoms with Crippen LogP contribution >= 0.6 is 0 Å². The van der Waals surface area contributed by atoms with E-state index in [2.05, 4.69) is 0 Å². The van der Waals surface area contributed by atoms with Crippen molar-refractivity contribution in [1.82, 2.24) is 0 Å². The van der Waals surface area contributed by atoms with Crippen molar-refractivity contribution in [3.63, 3.8) is 0 Å². The Balaban J connectivity index is 1.61. The van der Waals surface area contributed by atoms with Crippen molar-refractivity contribution in [2.45, 2.75) is 18.6 Å². The second kappa shape index (κ2) is 5.42. The Hall–Kier alpha value is -2.67. The zero-order valence-corrected chi connectivity index (χ0v) is 13.5. The van der Waals surface area contributed by atoms with Crippen LogP contribution in [0, 0.1) is 11.8 Å². The first-order valence-corrected chi connectivity index (χ1v) is 8.13. The third-order valence-electron chi connectivity index (χ3n) is 5.06. The highest BCUT2D eigenvalue weighted by atomic mass is 16.5. The first-order chi connectivity index (χ1) is 12.0. The minimum Gasteiger partial charge on any atom is -0.550 e. The van der Waals surface area contributed by atoms with Crippen molar-refractivity contribution in [2.24, 2.45) is 11.8 Å². The summed E-state index contributed by atoms with van der Waals surface area (Å²) in [5, 5.41) is 11.5. The highest BCUT2D eigenvalue weighted by Crippen LogP contribution is 2.52. The van der Waals surface area contributed by atoms with Crippen LogP contribution in [-0.2, 0) is 19.1 Å². The number of rotatable bonds is 4. The van der Waals surface area contributed by atoms with Crippen LogP contribution in [0.1, 0.15) is 17.3 Å². The van der Waals surface area contributed by atoms with Crippen molar-refractivity contribution >= 4 is 23.5 Å². The smallest absolute Gasteiger partial charge is 0.338 e. The fourth-order valence-electron chi connectivity index (χ4n) is 3.98. The lowest BCUT2D eigenvalue weighted by atomic mass is 9.77. The molecule has 2 saturated heterocycles. The van der Waals surface area contributed by atoms with Crippen LogP contribution in [-0.4, -0.2) is 42.7 Å². The number of hydrogen-bond acceptors (Lipinski definition) is 6. The maximum atomic E-state index is 12.8. The van der Waals surface area contributed by atoms with E-state index >= 15 is 0 Å². The topological polar surface area (TPSA) is 96.0 Å². The van der Waals surface area contributed by atoms with Crippen molar-refractivity contribution in [2.75, 3.05) is 18.1 Å². The van der Waals surface area contributed by atoms with Gasteiger partial charge in [-0.25, -0.2) is 4.79 Å². The van der Waals surface area contributed by atoms with E-state index in [1.807, 2.05) is 0 Å². The van der Waals surface area contributed by atoms with Gasteiger partial charge in [0.2, 0.25) is 5.91 Å². The van der Waals surface area contributed by atoms with Gasteiger partial charge in [0.15, 0.2) is 0 Å². The van der Waals surface area contributed by atoms with E-state index in [1.165, 1.54) is 4.90 Å². The number of fused-ring (bicyclic) bond motifs is 1. The molecule has 0 aromatic heterocycles. The third-order valence-corrected chi connectivity index (χ3v) is 5.06. The summed E-state index contributed by atoms with van der Waals surface area (Å²) in [5.41, 5.74) is 0.0615. The standard InChI is InChI=1S/C18H17NO6/c1-2-24-17(23)10-3-5-11(6-4-10)19-9-18-8-7-12(25-18)13(16(21)22)14(18)15(19)20/h3-8,12-14H,2,9H2,1H3,(H,21,22)/p-1/t12-,13+,14-,18+/m1/s1. The Morgan fingerprint density at radius 1 is 1.36 bits per heavy atom. The molecule has 4 rings (SSSR count). The summed E-state index contributed by atoms with van der Waals surface area (Å²) in [4.78, 5) is 37.5. The van der Waals surface area contributed by atoms with Crippen LogP contribution < -0.4 is 10.0 Å². The average molecular weight is 342 g/mol. The number of amides is 1. The number of anilines is 1. The first-order valence-electron chi connectivity index (χ1n) is 8.13. The summed E-state index contributed by atoms with van der Waals surface area (Å²) >= 11 is 0. The maximum absolute atomic E-state index is 12.8. The van der Waals surface area contributed by atoms with Crippen LogP contribution in [0.15, 0.2) is 36.4 Å². The number of esters is 1. The molecule has 1 amide bonds. The minimum atomic E-state index is -1.27. The van der Waals surface area contributed by atoms with Crippen LogP contribution in [0.3, 0.4) is 0 Å². The maximum Gasteiger partial charge on any atom is 0.338 e. The summed E-state index contributed by atoms with van der Waals surface area (Å²) in [6.45, 7) is 2.25. The van der Waals surface area contributed by atoms with E-state index in [-0.39, 0.29) is 19.1 Å². The van der Waals surface area contributed by atoms with Crippen molar-refractivity contribution in [3.8, 4) is 0 Å². The number of carbonyl (C=O) groups is 3. The number of carbonyl (C=O) groups excluding carboxylic acids is 3. The number of hydrogen-bond donors (Lipinski definition) is 0. The molecule has 25 heavy (non-hydrogen) atoms. The Labute approximate surface area is 143 Å². The third kappa shape index (κ3) is 2.19. The van der Waals surface area contributed by atoms with Gasteiger partial charge in [0.1, 0.15) is 5.60 Å². The monoisotopic (exact) mass is 342 g/mol. The van der Waals surface area contributed by atoms with Gasteiger partial charge in [-0.2, -0.15) is 0 Å². The molecule has 2 bridgehead atoms. The second-order valence-corrected chi connectivity index (χ2v) is 6.41. The van der Waals surface area contributed by atoms with Gasteiger partial charge in [0.25, 0.3) is 0 Å². The largest absolute Gasteiger partial charge is 0.550 e. The normalized spacial score (nSPS) is 32.1. The van der Waals surface area contributed by atoms with Gasteiger partial charge in [0, 0.05) is 17.6 Å². The van der Waals surface area contributed by atoms with Gasteiger partial charge in [-0.05, 0) is 31.2 Å². The molecule has 7 nitrogen and oxygen atoms in total. The van der Waals surface area contributed by atoms with Gasteiger partial charge in [-0.3, -0.25) is 4.79 Å². The highest BCUT2D eigenvalue weighted by Gasteiger charge is 2.65. The van der Waals surface area contributed by atoms with Gasteiger partial charge in [-0.1, -0.05) is 12.2 Å². The van der Waals surface area contributed by atoms with Crippen molar-refractivity contribution in [1.29, 1.82) is 0 Å². The lowest BCUT2D eigenvalue weighted by Gasteiger charge is -2.24. The molecule has 0 N–H and O–H groups in total. The molecule has 0 saturated carbocycles. The molecule has 1 spiro atoms. The fourth-order valence-corrected chi connectivity index (χ4v) is 3.98. The number of ether oxygens (including phenoxy) is 2. The van der Waals surface area contributed by atoms with Gasteiger partial charge in [0.05, 0.1) is 30.7 Å². The molecule has 0 aliphatic carbocycles. The summed E-state index contributed by atoms with van der Waals surface area (Å²) in [6, 6.07) is 6.45. The first kappa shape index (κ1) is 15.8. The predicted octanol–water partition coefficient (Wildman–Crippen LogP) is -0.100. The second-order valence-electron chi connectivity index (χ2n) is 6.41. The summed E-state index contributed by atoms with van der Waals surface area (Å²) < 4.78 is 10.7. The number of carboxylic acids is 1. The number of benzene rings is 1. The SMILES string of the molecule is CCOC(=O)c1ccc(N2C[C@]34C=C[C@@H](O3)[C@H](C(=O)[O-])[C@@H]4C2=O)cc1. The lowest BCUT2D eigenvalue weighted by Crippen LogP contribution is -2.45. The van der Waals surface area contributed by atoms with Crippen molar-refractivity contribution in [3.05, 3.63) is 42.0 Å². The zero-order valence-electron chi connectivity index (χ0n) is 13.5. The van der Waals surface area contributed by atoms with E-state index in [9.17, 15) is 19.5 Å². The summed E-state index contributed by atoms with van der Waals surface area (Å²) in [7, 11) is 0. The number of nitrogens with zero attached hydrogens (tertiary/aromatic N) is 1. The molecular weight excluding hydrogens is 326 g/mol. The summed E-state index contributed by atoms with van der Waals surface area (Å²) in [6.07, 6.45) is 2.87. The molecule has 4 atom stereocenters. The molecule has 3 aliphatic heterocycles. The van der Waals surface area contributed by atoms with Gasteiger partial charge >= 0.3 is 5.97 Å². The summed E-state index contributed by atoms with van der Waals surface area (Å²) in [5.74, 6) is -3.75. The Morgan fingerprint density at radius 3 is 2.72 bits per heavy atom. The molecule has 0 unspecified atom stereocenters. The minimum absolute atomic E-state index is 0.242. The average Bonchev–Trinajstić information content (AvgIpc) is 3.23. The molecule has 3 aliphatic rings. The lowest BCUT2D eigenvalue weighted by molar-refractivity contribution is -0.313. The Bertz CT molecular complexity index is 785. The van der Waals surface area contributed by atoms with Gasteiger partial charge < -0.3 is 24.3 Å². The van der Waals surface area contributed by atoms with E-state index in [0.717, 1.165) is 0 Å². The van der Waals surface area contributed by atoms with Crippen molar-refractivity contribution < 1.29 is 29.0 Å². The van der Waals surface area contributed by atoms with E-state index in [0.29, 0.717) is 11.3 Å². The molecule has 1 aromatic rings. The molecule has 130 valence electrons. The van der Waals surface area contributed by atoms with E-state index in [4.69, 9.17) is 9.47 Å². The Morgan fingerprint density at radius 2 is 2.08 bits per heavy atom. The van der Waals surface area contributed by atoms with Crippen LogP contribution in [0.4, 0.5) is 5.69 Å². The zero-order chi connectivity index (χ0) is 17.8. The quantitative estimate of drug-likeness (QED) is 0.560. The van der Waals surface area contributed by atoms with E-state index < -0.39 is 35.5 Å². The van der Waals surface area contributed by atoms with Crippen LogP contribution in [0.2, 0.25) is 0 Å². The van der Waals surface area contributed by atoms with E-state index in [1.54, 1.807) is 43.3 Å². The Kier molecular flexibility index (Phi) is 3.43. The predicted molar refractivity (Wildman–Crippen MR) is 83.5 cm³/mol. The number of aliphatic carboxylic acids is 1. The molecule has 2 fully saturated rings. The molecular formula is C18H16NO6-. The molecule has 0 radical (unpaired) electrons. The van der Waals surface area contributed by atoms with Gasteiger partial charge in [-0.15, -0.1) is 0 Å². The number of carboxylic acid groups (broad SMARTS) is 1. The highest BCUT2D eigenvalue weighted by molar-refractivity contribution is 6.02.